The molecule has 0 bridgehead atoms. The lowest BCUT2D eigenvalue weighted by molar-refractivity contribution is -0.384. The van der Waals surface area contributed by atoms with Gasteiger partial charge in [-0.2, -0.15) is 0 Å². The van der Waals surface area contributed by atoms with Crippen LogP contribution in [-0.4, -0.2) is 38.5 Å². The Morgan fingerprint density at radius 3 is 2.86 bits per heavy atom. The van der Waals surface area contributed by atoms with Gasteiger partial charge in [0.1, 0.15) is 6.61 Å². The van der Waals surface area contributed by atoms with Gasteiger partial charge >= 0.3 is 5.97 Å². The summed E-state index contributed by atoms with van der Waals surface area (Å²) in [5.74, 6) is -0.851. The van der Waals surface area contributed by atoms with Crippen molar-refractivity contribution in [3.8, 4) is 0 Å². The van der Waals surface area contributed by atoms with Crippen molar-refractivity contribution in [3.05, 3.63) is 105 Å². The third-order valence-electron chi connectivity index (χ3n) is 5.48. The van der Waals surface area contributed by atoms with Crippen LogP contribution in [0.2, 0.25) is 0 Å². The van der Waals surface area contributed by atoms with Crippen molar-refractivity contribution in [3.63, 3.8) is 0 Å². The van der Waals surface area contributed by atoms with Crippen molar-refractivity contribution in [1.29, 1.82) is 0 Å². The zero-order chi connectivity index (χ0) is 25.7. The first-order chi connectivity index (χ1) is 17.4. The molecule has 0 spiro atoms. The molecular weight excluding hydrogens is 482 g/mol. The molecule has 2 aliphatic rings. The molecule has 184 valence electrons. The molecule has 2 aliphatic heterocycles. The van der Waals surface area contributed by atoms with E-state index >= 15 is 0 Å². The average molecular weight is 506 g/mol. The third-order valence-corrected chi connectivity index (χ3v) is 6.37. The number of carbonyl (C=O) groups excluding carboxylic acids is 2. The van der Waals surface area contributed by atoms with Crippen LogP contribution in [0.25, 0.3) is 0 Å². The van der Waals surface area contributed by atoms with E-state index in [2.05, 4.69) is 21.9 Å². The van der Waals surface area contributed by atoms with E-state index in [9.17, 15) is 19.7 Å². The van der Waals surface area contributed by atoms with E-state index in [1.807, 2.05) is 12.1 Å². The van der Waals surface area contributed by atoms with Crippen molar-refractivity contribution in [2.75, 3.05) is 6.61 Å². The topological polar surface area (TPSA) is 127 Å². The van der Waals surface area contributed by atoms with Crippen LogP contribution >= 0.6 is 11.8 Å². The summed E-state index contributed by atoms with van der Waals surface area (Å²) in [7, 11) is 0. The highest BCUT2D eigenvalue weighted by Crippen LogP contribution is 2.45. The van der Waals surface area contributed by atoms with E-state index in [0.29, 0.717) is 22.1 Å². The second kappa shape index (κ2) is 11.0. The van der Waals surface area contributed by atoms with Gasteiger partial charge in [-0.05, 0) is 30.0 Å². The number of nitro groups is 1. The normalized spacial score (nSPS) is 16.6. The van der Waals surface area contributed by atoms with Crippen LogP contribution < -0.4 is 5.32 Å². The lowest BCUT2D eigenvalue weighted by atomic mass is 9.93. The molecule has 36 heavy (non-hydrogen) atoms. The Balaban J connectivity index is 1.65. The molecule has 0 radical (unpaired) electrons. The number of rotatable bonds is 9. The Labute approximate surface area is 211 Å². The fourth-order valence-corrected chi connectivity index (χ4v) is 4.85. The summed E-state index contributed by atoms with van der Waals surface area (Å²) in [5, 5.41) is 16.7. The Hall–Kier alpha value is -4.25. The predicted octanol–water partition coefficient (Wildman–Crippen LogP) is 4.00. The summed E-state index contributed by atoms with van der Waals surface area (Å²) in [6.45, 7) is 5.54. The lowest BCUT2D eigenvalue weighted by Gasteiger charge is -2.36. The second-order valence-electron chi connectivity index (χ2n) is 7.91. The highest BCUT2D eigenvalue weighted by molar-refractivity contribution is 8.16. The van der Waals surface area contributed by atoms with E-state index in [-0.39, 0.29) is 36.7 Å². The lowest BCUT2D eigenvalue weighted by Crippen LogP contribution is -2.38. The molecule has 10 nitrogen and oxygen atoms in total. The van der Waals surface area contributed by atoms with Crippen molar-refractivity contribution < 1.29 is 19.2 Å². The van der Waals surface area contributed by atoms with Gasteiger partial charge in [-0.1, -0.05) is 42.6 Å². The minimum atomic E-state index is -0.764. The van der Waals surface area contributed by atoms with Gasteiger partial charge in [0.25, 0.3) is 5.69 Å². The number of ether oxygens (including phenoxy) is 1. The number of hydrogen-bond donors (Lipinski definition) is 1. The Bertz CT molecular complexity index is 1300. The van der Waals surface area contributed by atoms with Crippen LogP contribution in [-0.2, 0) is 20.9 Å². The maximum Gasteiger partial charge on any atom is 0.338 e. The Morgan fingerprint density at radius 2 is 2.14 bits per heavy atom. The van der Waals surface area contributed by atoms with Crippen molar-refractivity contribution >= 4 is 34.5 Å². The first kappa shape index (κ1) is 24.9. The number of amidine groups is 1. The highest BCUT2D eigenvalue weighted by Gasteiger charge is 2.41. The molecule has 0 saturated heterocycles. The number of carbonyl (C=O) groups is 2. The van der Waals surface area contributed by atoms with Gasteiger partial charge in [-0.15, -0.1) is 0 Å². The molecule has 0 aliphatic carbocycles. The van der Waals surface area contributed by atoms with Gasteiger partial charge in [0, 0.05) is 24.0 Å². The second-order valence-corrected chi connectivity index (χ2v) is 8.74. The number of nitro benzene ring substituents is 1. The smallest absolute Gasteiger partial charge is 0.338 e. The quantitative estimate of drug-likeness (QED) is 0.234. The van der Waals surface area contributed by atoms with E-state index in [1.54, 1.807) is 41.6 Å². The maximum absolute atomic E-state index is 13.1. The first-order valence-electron chi connectivity index (χ1n) is 11.0. The van der Waals surface area contributed by atoms with Crippen molar-refractivity contribution in [2.45, 2.75) is 25.9 Å². The fourth-order valence-electron chi connectivity index (χ4n) is 3.89. The Morgan fingerprint density at radius 1 is 1.31 bits per heavy atom. The molecule has 2 aromatic rings. The van der Waals surface area contributed by atoms with Gasteiger partial charge < -0.3 is 15.0 Å². The van der Waals surface area contributed by atoms with E-state index in [4.69, 9.17) is 4.74 Å². The first-order valence-corrected chi connectivity index (χ1v) is 11.9. The number of amides is 1. The Kier molecular flexibility index (Phi) is 7.59. The number of hydrogen-bond acceptors (Lipinski definition) is 9. The van der Waals surface area contributed by atoms with Crippen molar-refractivity contribution in [1.82, 2.24) is 15.2 Å². The molecule has 0 fully saturated rings. The average Bonchev–Trinajstić information content (AvgIpc) is 3.27. The maximum atomic E-state index is 13.1. The summed E-state index contributed by atoms with van der Waals surface area (Å²) < 4.78 is 5.33. The van der Waals surface area contributed by atoms with Crippen LogP contribution in [0.3, 0.4) is 0 Å². The minimum Gasteiger partial charge on any atom is -0.458 e. The summed E-state index contributed by atoms with van der Waals surface area (Å²) >= 11 is 1.32. The number of fused-ring (bicyclic) bond motifs is 1. The summed E-state index contributed by atoms with van der Waals surface area (Å²) in [5.41, 5.74) is 2.40. The number of nitrogens with zero attached hydrogens (tertiary/aromatic N) is 4. The molecule has 1 aromatic carbocycles. The van der Waals surface area contributed by atoms with E-state index in [0.717, 1.165) is 5.69 Å². The van der Waals surface area contributed by atoms with Crippen LogP contribution in [0.4, 0.5) is 5.69 Å². The molecule has 1 unspecified atom stereocenters. The van der Waals surface area contributed by atoms with Crippen LogP contribution in [0, 0.1) is 10.1 Å². The predicted molar refractivity (Wildman–Crippen MR) is 135 cm³/mol. The number of allylic oxidation sites excluding steroid dienone is 1. The number of nitrogens with one attached hydrogen (secondary N) is 1. The third kappa shape index (κ3) is 5.36. The zero-order valence-electron chi connectivity index (χ0n) is 19.4. The summed E-state index contributed by atoms with van der Waals surface area (Å²) in [4.78, 5) is 47.4. The van der Waals surface area contributed by atoms with Crippen molar-refractivity contribution in [2.24, 2.45) is 4.99 Å². The van der Waals surface area contributed by atoms with Gasteiger partial charge in [-0.25, -0.2) is 9.79 Å². The number of aliphatic imine (C=N–C) groups is 1. The molecule has 1 aromatic heterocycles. The van der Waals surface area contributed by atoms with Gasteiger partial charge in [-0.3, -0.25) is 19.9 Å². The van der Waals surface area contributed by atoms with Gasteiger partial charge in [0.2, 0.25) is 5.91 Å². The SMILES string of the molecule is C=CCOC(=O)C1=C(C)N=C2SC=C(CC(=O)NCc3ccccn3)N2C1c1cccc([N+](=O)[O-])c1. The largest absolute Gasteiger partial charge is 0.458 e. The zero-order valence-corrected chi connectivity index (χ0v) is 20.2. The van der Waals surface area contributed by atoms with Crippen LogP contribution in [0.5, 0.6) is 0 Å². The molecule has 4 rings (SSSR count). The minimum absolute atomic E-state index is 0.00121. The molecular formula is C25H23N5O5S. The van der Waals surface area contributed by atoms with E-state index < -0.39 is 16.9 Å². The summed E-state index contributed by atoms with van der Waals surface area (Å²) in [6, 6.07) is 10.8. The molecule has 1 amide bonds. The summed E-state index contributed by atoms with van der Waals surface area (Å²) in [6.07, 6.45) is 3.12. The number of pyridine rings is 1. The number of aromatic nitrogens is 1. The van der Waals surface area contributed by atoms with Gasteiger partial charge in [0.15, 0.2) is 5.17 Å². The number of esters is 1. The van der Waals surface area contributed by atoms with Gasteiger partial charge in [0.05, 0.1) is 40.9 Å². The molecule has 1 N–H and O–H groups in total. The monoisotopic (exact) mass is 505 g/mol. The van der Waals surface area contributed by atoms with Crippen LogP contribution in [0.15, 0.2) is 88.7 Å². The molecule has 0 saturated carbocycles. The fraction of sp³-hybridized carbons (Fsp3) is 0.200. The van der Waals surface area contributed by atoms with E-state index in [1.165, 1.54) is 30.0 Å². The number of benzene rings is 1. The van der Waals surface area contributed by atoms with Crippen LogP contribution in [0.1, 0.15) is 30.6 Å². The standard InChI is InChI=1S/C25H23N5O5S/c1-3-11-35-24(32)22-16(2)28-25-29(23(22)17-7-6-9-19(12-17)30(33)34)20(15-36-25)13-21(31)27-14-18-8-4-5-10-26-18/h3-10,12,15,23H,1,11,13-14H2,2H3,(H,27,31). The number of non-ortho nitro benzene ring substituents is 1. The molecule has 1 atom stereocenters. The highest BCUT2D eigenvalue weighted by atomic mass is 32.2. The number of thioether (sulfide) groups is 1. The molecule has 11 heteroatoms. The molecule has 3 heterocycles.